The van der Waals surface area contributed by atoms with E-state index in [1.165, 1.54) is 0 Å². The van der Waals surface area contributed by atoms with Crippen molar-refractivity contribution in [3.8, 4) is 5.69 Å². The van der Waals surface area contributed by atoms with Gasteiger partial charge in [0.2, 0.25) is 5.91 Å². The summed E-state index contributed by atoms with van der Waals surface area (Å²) >= 11 is 0. The van der Waals surface area contributed by atoms with E-state index in [1.807, 2.05) is 25.3 Å². The number of nitrogens with zero attached hydrogens (tertiary/aromatic N) is 2. The van der Waals surface area contributed by atoms with Gasteiger partial charge in [-0.2, -0.15) is 5.10 Å². The van der Waals surface area contributed by atoms with Gasteiger partial charge in [-0.05, 0) is 55.8 Å². The molecule has 0 saturated carbocycles. The van der Waals surface area contributed by atoms with Crippen molar-refractivity contribution < 1.29 is 14.0 Å². The first kappa shape index (κ1) is 17.5. The van der Waals surface area contributed by atoms with E-state index in [9.17, 15) is 9.59 Å². The van der Waals surface area contributed by atoms with Gasteiger partial charge in [0, 0.05) is 11.8 Å². The molecule has 26 heavy (non-hydrogen) atoms. The van der Waals surface area contributed by atoms with Gasteiger partial charge in [0.25, 0.3) is 5.91 Å². The summed E-state index contributed by atoms with van der Waals surface area (Å²) in [5.41, 5.74) is 2.39. The second-order valence-corrected chi connectivity index (χ2v) is 6.00. The maximum atomic E-state index is 12.3. The number of carbonyl (C=O) groups is 2. The van der Waals surface area contributed by atoms with Crippen LogP contribution in [0.15, 0.2) is 59.5 Å². The van der Waals surface area contributed by atoms with Crippen LogP contribution in [0.4, 0.5) is 0 Å². The first-order chi connectivity index (χ1) is 12.5. The normalized spacial score (nSPS) is 11.8. The standard InChI is InChI=1S/C19H20N4O3/c1-13-10-21-23(12-13)16-7-5-15(6-8-16)19(25)22-14(2)18(24)20-11-17-4-3-9-26-17/h3-10,12,14H,11H2,1-2H3,(H,20,24)(H,22,25). The fraction of sp³-hybridized carbons (Fsp3) is 0.211. The van der Waals surface area contributed by atoms with Crippen LogP contribution in [0.1, 0.15) is 28.6 Å². The summed E-state index contributed by atoms with van der Waals surface area (Å²) < 4.78 is 6.89. The second kappa shape index (κ2) is 7.69. The van der Waals surface area contributed by atoms with Crippen LogP contribution in [-0.2, 0) is 11.3 Å². The number of amides is 2. The third kappa shape index (κ3) is 4.18. The van der Waals surface area contributed by atoms with E-state index in [1.54, 1.807) is 48.3 Å². The number of nitrogens with one attached hydrogen (secondary N) is 2. The zero-order valence-corrected chi connectivity index (χ0v) is 14.6. The molecule has 0 bridgehead atoms. The molecule has 2 aromatic heterocycles. The van der Waals surface area contributed by atoms with Crippen LogP contribution in [0.2, 0.25) is 0 Å². The molecule has 0 saturated heterocycles. The molecule has 3 rings (SSSR count). The number of hydrogen-bond donors (Lipinski definition) is 2. The summed E-state index contributed by atoms with van der Waals surface area (Å²) in [6.45, 7) is 3.88. The monoisotopic (exact) mass is 352 g/mol. The van der Waals surface area contributed by atoms with Crippen molar-refractivity contribution in [1.29, 1.82) is 0 Å². The lowest BCUT2D eigenvalue weighted by atomic mass is 10.1. The molecule has 0 fully saturated rings. The molecule has 1 unspecified atom stereocenters. The average molecular weight is 352 g/mol. The number of hydrogen-bond acceptors (Lipinski definition) is 4. The van der Waals surface area contributed by atoms with Crippen LogP contribution in [0, 0.1) is 6.92 Å². The topological polar surface area (TPSA) is 89.2 Å². The van der Waals surface area contributed by atoms with Gasteiger partial charge in [-0.15, -0.1) is 0 Å². The van der Waals surface area contributed by atoms with Crippen LogP contribution in [-0.4, -0.2) is 27.6 Å². The highest BCUT2D eigenvalue weighted by Gasteiger charge is 2.16. The lowest BCUT2D eigenvalue weighted by Crippen LogP contribution is -2.44. The van der Waals surface area contributed by atoms with Crippen LogP contribution in [0.25, 0.3) is 5.69 Å². The molecule has 0 aliphatic heterocycles. The molecule has 0 spiro atoms. The molecular weight excluding hydrogens is 332 g/mol. The number of rotatable bonds is 6. The molecule has 7 heteroatoms. The van der Waals surface area contributed by atoms with E-state index in [0.717, 1.165) is 11.3 Å². The Morgan fingerprint density at radius 1 is 1.23 bits per heavy atom. The minimum Gasteiger partial charge on any atom is -0.467 e. The van der Waals surface area contributed by atoms with E-state index >= 15 is 0 Å². The Bertz CT molecular complexity index is 882. The number of aryl methyl sites for hydroxylation is 1. The highest BCUT2D eigenvalue weighted by molar-refractivity contribution is 5.97. The van der Waals surface area contributed by atoms with Gasteiger partial charge in [0.05, 0.1) is 24.7 Å². The molecule has 2 N–H and O–H groups in total. The minimum atomic E-state index is -0.661. The van der Waals surface area contributed by atoms with Crippen LogP contribution >= 0.6 is 0 Å². The van der Waals surface area contributed by atoms with Crippen molar-refractivity contribution in [2.45, 2.75) is 26.4 Å². The number of aromatic nitrogens is 2. The van der Waals surface area contributed by atoms with E-state index < -0.39 is 6.04 Å². The molecular formula is C19H20N4O3. The smallest absolute Gasteiger partial charge is 0.251 e. The van der Waals surface area contributed by atoms with Crippen molar-refractivity contribution in [2.24, 2.45) is 0 Å². The zero-order valence-electron chi connectivity index (χ0n) is 14.6. The van der Waals surface area contributed by atoms with E-state index in [0.29, 0.717) is 11.3 Å². The molecule has 3 aromatic rings. The Kier molecular flexibility index (Phi) is 5.17. The lowest BCUT2D eigenvalue weighted by molar-refractivity contribution is -0.122. The Balaban J connectivity index is 1.55. The Morgan fingerprint density at radius 3 is 2.62 bits per heavy atom. The summed E-state index contributed by atoms with van der Waals surface area (Å²) in [6, 6.07) is 9.88. The highest BCUT2D eigenvalue weighted by Crippen LogP contribution is 2.10. The van der Waals surface area contributed by atoms with Gasteiger partial charge in [0.15, 0.2) is 0 Å². The molecule has 7 nitrogen and oxygen atoms in total. The van der Waals surface area contributed by atoms with Crippen molar-refractivity contribution in [3.05, 3.63) is 71.9 Å². The summed E-state index contributed by atoms with van der Waals surface area (Å²) in [7, 11) is 0. The molecule has 1 aromatic carbocycles. The maximum Gasteiger partial charge on any atom is 0.251 e. The first-order valence-electron chi connectivity index (χ1n) is 8.25. The van der Waals surface area contributed by atoms with Gasteiger partial charge < -0.3 is 15.1 Å². The first-order valence-corrected chi connectivity index (χ1v) is 8.25. The van der Waals surface area contributed by atoms with Crippen LogP contribution < -0.4 is 10.6 Å². The van der Waals surface area contributed by atoms with Gasteiger partial charge in [-0.3, -0.25) is 9.59 Å². The largest absolute Gasteiger partial charge is 0.467 e. The molecule has 1 atom stereocenters. The zero-order chi connectivity index (χ0) is 18.5. The summed E-state index contributed by atoms with van der Waals surface area (Å²) in [4.78, 5) is 24.4. The second-order valence-electron chi connectivity index (χ2n) is 6.00. The summed E-state index contributed by atoms with van der Waals surface area (Å²) in [5, 5.41) is 9.63. The fourth-order valence-corrected chi connectivity index (χ4v) is 2.41. The number of furan rings is 1. The van der Waals surface area contributed by atoms with Gasteiger partial charge in [-0.25, -0.2) is 4.68 Å². The van der Waals surface area contributed by atoms with E-state index in [2.05, 4.69) is 15.7 Å². The third-order valence-electron chi connectivity index (χ3n) is 3.86. The summed E-state index contributed by atoms with van der Waals surface area (Å²) in [6.07, 6.45) is 5.21. The molecule has 0 aliphatic carbocycles. The fourth-order valence-electron chi connectivity index (χ4n) is 2.41. The SMILES string of the molecule is Cc1cnn(-c2ccc(C(=O)NC(C)C(=O)NCc3ccco3)cc2)c1. The molecule has 134 valence electrons. The third-order valence-corrected chi connectivity index (χ3v) is 3.86. The van der Waals surface area contributed by atoms with Crippen molar-refractivity contribution in [2.75, 3.05) is 0 Å². The average Bonchev–Trinajstić information content (AvgIpc) is 3.31. The van der Waals surface area contributed by atoms with Crippen molar-refractivity contribution in [3.63, 3.8) is 0 Å². The van der Waals surface area contributed by atoms with Gasteiger partial charge in [0.1, 0.15) is 11.8 Å². The Labute approximate surface area is 151 Å². The van der Waals surface area contributed by atoms with Crippen LogP contribution in [0.3, 0.4) is 0 Å². The number of benzene rings is 1. The molecule has 0 radical (unpaired) electrons. The number of carbonyl (C=O) groups excluding carboxylic acids is 2. The Morgan fingerprint density at radius 2 is 2.00 bits per heavy atom. The molecule has 0 aliphatic rings. The minimum absolute atomic E-state index is 0.279. The highest BCUT2D eigenvalue weighted by atomic mass is 16.3. The lowest BCUT2D eigenvalue weighted by Gasteiger charge is -2.14. The Hall–Kier alpha value is -3.35. The predicted octanol–water partition coefficient (Wildman–Crippen LogP) is 2.21. The molecule has 2 amide bonds. The van der Waals surface area contributed by atoms with E-state index in [4.69, 9.17) is 4.42 Å². The van der Waals surface area contributed by atoms with Crippen molar-refractivity contribution >= 4 is 11.8 Å². The van der Waals surface area contributed by atoms with Gasteiger partial charge in [-0.1, -0.05) is 0 Å². The summed E-state index contributed by atoms with van der Waals surface area (Å²) in [5.74, 6) is 0.0635. The van der Waals surface area contributed by atoms with Crippen molar-refractivity contribution in [1.82, 2.24) is 20.4 Å². The predicted molar refractivity (Wildman–Crippen MR) is 95.8 cm³/mol. The molecule has 2 heterocycles. The maximum absolute atomic E-state index is 12.3. The quantitative estimate of drug-likeness (QED) is 0.712. The van der Waals surface area contributed by atoms with Crippen LogP contribution in [0.5, 0.6) is 0 Å². The van der Waals surface area contributed by atoms with E-state index in [-0.39, 0.29) is 18.4 Å². The van der Waals surface area contributed by atoms with Gasteiger partial charge >= 0.3 is 0 Å².